The van der Waals surface area contributed by atoms with Crippen molar-refractivity contribution in [3.05, 3.63) is 72.7 Å². The van der Waals surface area contributed by atoms with Crippen molar-refractivity contribution in [1.29, 1.82) is 0 Å². The molecule has 27 heavy (non-hydrogen) atoms. The van der Waals surface area contributed by atoms with Gasteiger partial charge in [-0.15, -0.1) is 10.2 Å². The fourth-order valence-electron chi connectivity index (χ4n) is 2.84. The van der Waals surface area contributed by atoms with Crippen molar-refractivity contribution < 1.29 is 4.79 Å². The molecule has 4 rings (SSSR count). The van der Waals surface area contributed by atoms with Gasteiger partial charge in [0.05, 0.1) is 17.0 Å². The SMILES string of the molecule is Cc1nnc(SCC(=O)Nc2cccc3ncccc23)n1-c1ccccc1. The summed E-state index contributed by atoms with van der Waals surface area (Å²) >= 11 is 1.36. The molecule has 134 valence electrons. The minimum atomic E-state index is -0.100. The van der Waals surface area contributed by atoms with Crippen molar-refractivity contribution in [2.45, 2.75) is 12.1 Å². The Hall–Kier alpha value is -3.19. The second-order valence-electron chi connectivity index (χ2n) is 5.91. The minimum absolute atomic E-state index is 0.100. The molecule has 0 spiro atoms. The molecule has 1 amide bonds. The van der Waals surface area contributed by atoms with Crippen LogP contribution in [0.25, 0.3) is 16.6 Å². The van der Waals surface area contributed by atoms with E-state index < -0.39 is 0 Å². The maximum atomic E-state index is 12.5. The Morgan fingerprint density at radius 1 is 1.04 bits per heavy atom. The smallest absolute Gasteiger partial charge is 0.234 e. The molecule has 6 nitrogen and oxygen atoms in total. The van der Waals surface area contributed by atoms with Crippen molar-refractivity contribution in [2.75, 3.05) is 11.1 Å². The highest BCUT2D eigenvalue weighted by Gasteiger charge is 2.14. The molecule has 0 saturated carbocycles. The number of aryl methyl sites for hydroxylation is 1. The fourth-order valence-corrected chi connectivity index (χ4v) is 3.64. The van der Waals surface area contributed by atoms with Gasteiger partial charge in [0, 0.05) is 17.3 Å². The maximum Gasteiger partial charge on any atom is 0.234 e. The van der Waals surface area contributed by atoms with Crippen LogP contribution in [0.3, 0.4) is 0 Å². The molecule has 2 aromatic carbocycles. The van der Waals surface area contributed by atoms with Crippen LogP contribution in [0.1, 0.15) is 5.82 Å². The minimum Gasteiger partial charge on any atom is -0.325 e. The third-order valence-electron chi connectivity index (χ3n) is 4.06. The van der Waals surface area contributed by atoms with E-state index in [0.29, 0.717) is 5.16 Å². The summed E-state index contributed by atoms with van der Waals surface area (Å²) in [7, 11) is 0. The average Bonchev–Trinajstić information content (AvgIpc) is 3.08. The number of carbonyl (C=O) groups is 1. The molecule has 0 saturated heterocycles. The van der Waals surface area contributed by atoms with Gasteiger partial charge in [-0.2, -0.15) is 0 Å². The first kappa shape index (κ1) is 17.2. The van der Waals surface area contributed by atoms with Gasteiger partial charge in [-0.1, -0.05) is 36.0 Å². The number of nitrogens with zero attached hydrogens (tertiary/aromatic N) is 4. The molecule has 0 unspecified atom stereocenters. The van der Waals surface area contributed by atoms with Gasteiger partial charge in [-0.3, -0.25) is 14.3 Å². The van der Waals surface area contributed by atoms with Gasteiger partial charge in [0.15, 0.2) is 5.16 Å². The number of nitrogens with one attached hydrogen (secondary N) is 1. The van der Waals surface area contributed by atoms with Gasteiger partial charge in [-0.25, -0.2) is 0 Å². The Bertz CT molecular complexity index is 1090. The van der Waals surface area contributed by atoms with E-state index in [0.717, 1.165) is 28.1 Å². The van der Waals surface area contributed by atoms with Crippen LogP contribution in [0.5, 0.6) is 0 Å². The van der Waals surface area contributed by atoms with Crippen LogP contribution in [0.4, 0.5) is 5.69 Å². The quantitative estimate of drug-likeness (QED) is 0.536. The molecule has 7 heteroatoms. The van der Waals surface area contributed by atoms with Crippen LogP contribution in [-0.2, 0) is 4.79 Å². The van der Waals surface area contributed by atoms with Crippen molar-refractivity contribution in [3.8, 4) is 5.69 Å². The van der Waals surface area contributed by atoms with E-state index in [-0.39, 0.29) is 11.7 Å². The highest BCUT2D eigenvalue weighted by Crippen LogP contribution is 2.24. The van der Waals surface area contributed by atoms with Gasteiger partial charge >= 0.3 is 0 Å². The van der Waals surface area contributed by atoms with Gasteiger partial charge < -0.3 is 5.32 Å². The molecular weight excluding hydrogens is 358 g/mol. The zero-order chi connectivity index (χ0) is 18.6. The van der Waals surface area contributed by atoms with E-state index in [1.807, 2.05) is 72.2 Å². The summed E-state index contributed by atoms with van der Waals surface area (Å²) in [6, 6.07) is 19.4. The lowest BCUT2D eigenvalue weighted by molar-refractivity contribution is -0.113. The Morgan fingerprint density at radius 3 is 2.74 bits per heavy atom. The lowest BCUT2D eigenvalue weighted by Gasteiger charge is -2.09. The van der Waals surface area contributed by atoms with Gasteiger partial charge in [0.25, 0.3) is 0 Å². The number of anilines is 1. The number of para-hydroxylation sites is 1. The number of hydrogen-bond acceptors (Lipinski definition) is 5. The number of benzene rings is 2. The van der Waals surface area contributed by atoms with Gasteiger partial charge in [-0.05, 0) is 43.3 Å². The zero-order valence-corrected chi connectivity index (χ0v) is 15.5. The molecule has 0 aliphatic heterocycles. The summed E-state index contributed by atoms with van der Waals surface area (Å²) < 4.78 is 1.94. The van der Waals surface area contributed by atoms with E-state index in [2.05, 4.69) is 20.5 Å². The van der Waals surface area contributed by atoms with Crippen molar-refractivity contribution >= 4 is 34.3 Å². The van der Waals surface area contributed by atoms with Crippen LogP contribution in [0, 0.1) is 6.92 Å². The van der Waals surface area contributed by atoms with E-state index in [1.165, 1.54) is 11.8 Å². The number of carbonyl (C=O) groups excluding carboxylic acids is 1. The lowest BCUT2D eigenvalue weighted by Crippen LogP contribution is -2.15. The first-order chi connectivity index (χ1) is 13.2. The molecule has 2 aromatic heterocycles. The fraction of sp³-hybridized carbons (Fsp3) is 0.100. The predicted molar refractivity (Wildman–Crippen MR) is 107 cm³/mol. The van der Waals surface area contributed by atoms with Crippen molar-refractivity contribution in [1.82, 2.24) is 19.7 Å². The summed E-state index contributed by atoms with van der Waals surface area (Å²) in [4.78, 5) is 16.8. The van der Waals surface area contributed by atoms with E-state index in [9.17, 15) is 4.79 Å². The first-order valence-electron chi connectivity index (χ1n) is 8.46. The second kappa shape index (κ2) is 7.59. The average molecular weight is 375 g/mol. The molecule has 0 aliphatic carbocycles. The summed E-state index contributed by atoms with van der Waals surface area (Å²) in [6.45, 7) is 1.90. The van der Waals surface area contributed by atoms with E-state index in [4.69, 9.17) is 0 Å². The molecule has 0 fully saturated rings. The summed E-state index contributed by atoms with van der Waals surface area (Å²) in [5.74, 6) is 0.919. The summed E-state index contributed by atoms with van der Waals surface area (Å²) in [5, 5.41) is 12.9. The van der Waals surface area contributed by atoms with Crippen LogP contribution in [0.15, 0.2) is 72.0 Å². The Labute approximate surface area is 160 Å². The molecule has 0 atom stereocenters. The standard InChI is InChI=1S/C20H17N5OS/c1-14-23-24-20(25(14)15-7-3-2-4-8-15)27-13-19(26)22-18-11-5-10-17-16(18)9-6-12-21-17/h2-12H,13H2,1H3,(H,22,26). The Morgan fingerprint density at radius 2 is 1.89 bits per heavy atom. The summed E-state index contributed by atoms with van der Waals surface area (Å²) in [6.07, 6.45) is 1.74. The van der Waals surface area contributed by atoms with E-state index >= 15 is 0 Å². The number of aromatic nitrogens is 4. The number of pyridine rings is 1. The number of rotatable bonds is 5. The highest BCUT2D eigenvalue weighted by molar-refractivity contribution is 7.99. The monoisotopic (exact) mass is 375 g/mol. The van der Waals surface area contributed by atoms with Crippen LogP contribution < -0.4 is 5.32 Å². The number of fused-ring (bicyclic) bond motifs is 1. The third-order valence-corrected chi connectivity index (χ3v) is 4.99. The van der Waals surface area contributed by atoms with Crippen molar-refractivity contribution in [2.24, 2.45) is 0 Å². The summed E-state index contributed by atoms with van der Waals surface area (Å²) in [5.41, 5.74) is 2.58. The lowest BCUT2D eigenvalue weighted by atomic mass is 10.2. The van der Waals surface area contributed by atoms with Crippen molar-refractivity contribution in [3.63, 3.8) is 0 Å². The zero-order valence-electron chi connectivity index (χ0n) is 14.7. The molecule has 4 aromatic rings. The number of hydrogen-bond donors (Lipinski definition) is 1. The first-order valence-corrected chi connectivity index (χ1v) is 9.45. The largest absolute Gasteiger partial charge is 0.325 e. The molecular formula is C20H17N5OS. The molecule has 2 heterocycles. The third kappa shape index (κ3) is 3.68. The molecule has 0 bridgehead atoms. The second-order valence-corrected chi connectivity index (χ2v) is 6.86. The molecule has 0 radical (unpaired) electrons. The normalized spacial score (nSPS) is 10.9. The number of thioether (sulfide) groups is 1. The van der Waals surface area contributed by atoms with Crippen LogP contribution in [-0.4, -0.2) is 31.4 Å². The Kier molecular flexibility index (Phi) is 4.84. The topological polar surface area (TPSA) is 72.7 Å². The molecule has 0 aliphatic rings. The highest BCUT2D eigenvalue weighted by atomic mass is 32.2. The van der Waals surface area contributed by atoms with Crippen LogP contribution in [0.2, 0.25) is 0 Å². The Balaban J connectivity index is 1.49. The predicted octanol–water partition coefficient (Wildman–Crippen LogP) is 3.85. The molecule has 1 N–H and O–H groups in total. The maximum absolute atomic E-state index is 12.5. The van der Waals surface area contributed by atoms with Gasteiger partial charge in [0.2, 0.25) is 5.91 Å². The van der Waals surface area contributed by atoms with E-state index in [1.54, 1.807) is 6.20 Å². The number of amides is 1. The van der Waals surface area contributed by atoms with Crippen LogP contribution >= 0.6 is 11.8 Å². The van der Waals surface area contributed by atoms with Gasteiger partial charge in [0.1, 0.15) is 5.82 Å².